The van der Waals surface area contributed by atoms with E-state index in [2.05, 4.69) is 34.9 Å². The Labute approximate surface area is 252 Å². The highest BCUT2D eigenvalue weighted by Crippen LogP contribution is 2.24. The number of nitrogens with zero attached hydrogens (tertiary/aromatic N) is 3. The van der Waals surface area contributed by atoms with E-state index in [1.165, 1.54) is 12.1 Å². The van der Waals surface area contributed by atoms with Crippen LogP contribution >= 0.6 is 0 Å². The quantitative estimate of drug-likeness (QED) is 0.173. The van der Waals surface area contributed by atoms with Crippen LogP contribution in [0.1, 0.15) is 24.0 Å². The molecule has 13 heteroatoms. The zero-order valence-electron chi connectivity index (χ0n) is 23.8. The van der Waals surface area contributed by atoms with E-state index >= 15 is 0 Å². The van der Waals surface area contributed by atoms with Gasteiger partial charge in [0, 0.05) is 31.0 Å². The number of anilines is 4. The van der Waals surface area contributed by atoms with Crippen LogP contribution in [-0.4, -0.2) is 57.9 Å². The van der Waals surface area contributed by atoms with Gasteiger partial charge in [0.15, 0.2) is 0 Å². The fourth-order valence-corrected chi connectivity index (χ4v) is 6.71. The lowest BCUT2D eigenvalue weighted by atomic mass is 10.2. The predicted molar refractivity (Wildman–Crippen MR) is 168 cm³/mol. The minimum absolute atomic E-state index is 0.142. The zero-order chi connectivity index (χ0) is 30.3. The number of sulfonamides is 2. The van der Waals surface area contributed by atoms with Gasteiger partial charge in [-0.3, -0.25) is 0 Å². The summed E-state index contributed by atoms with van der Waals surface area (Å²) in [6.45, 7) is 5.19. The van der Waals surface area contributed by atoms with Crippen LogP contribution in [0.4, 0.5) is 23.0 Å². The monoisotopic (exact) mass is 621 g/mol. The standard InChI is InChI=1S/C30H35N7O4S2/c1-23-9-12-28(43(40,41)34-20-24-7-3-2-4-8-24)19-29(23)35-26-21-31-30(32-22-26)36-25-10-13-27(14-11-25)42(38,39)33-15-18-37-16-5-6-17-37/h2-4,7-14,19,21-22,33-35H,5-6,15-18,20H2,1H3,(H,31,32,36). The van der Waals surface area contributed by atoms with Crippen LogP contribution in [0.2, 0.25) is 0 Å². The first-order valence-corrected chi connectivity index (χ1v) is 17.0. The Morgan fingerprint density at radius 3 is 2.09 bits per heavy atom. The molecule has 1 saturated heterocycles. The largest absolute Gasteiger partial charge is 0.353 e. The summed E-state index contributed by atoms with van der Waals surface area (Å²) in [6, 6.07) is 20.6. The smallest absolute Gasteiger partial charge is 0.240 e. The lowest BCUT2D eigenvalue weighted by Gasteiger charge is -2.15. The Morgan fingerprint density at radius 2 is 1.40 bits per heavy atom. The van der Waals surface area contributed by atoms with Gasteiger partial charge in [0.05, 0.1) is 27.9 Å². The molecule has 0 unspecified atom stereocenters. The minimum atomic E-state index is -3.73. The van der Waals surface area contributed by atoms with E-state index < -0.39 is 20.0 Å². The summed E-state index contributed by atoms with van der Waals surface area (Å²) in [5.41, 5.74) is 3.53. The van der Waals surface area contributed by atoms with Crippen molar-refractivity contribution in [3.8, 4) is 0 Å². The molecule has 0 radical (unpaired) electrons. The summed E-state index contributed by atoms with van der Waals surface area (Å²) < 4.78 is 56.4. The SMILES string of the molecule is Cc1ccc(S(=O)(=O)NCc2ccccc2)cc1Nc1cnc(Nc2ccc(S(=O)(=O)NCCN3CCCC3)cc2)nc1. The second-order valence-electron chi connectivity index (χ2n) is 10.3. The van der Waals surface area contributed by atoms with Crippen molar-refractivity contribution in [1.29, 1.82) is 0 Å². The van der Waals surface area contributed by atoms with Crippen molar-refractivity contribution >= 4 is 43.1 Å². The van der Waals surface area contributed by atoms with Gasteiger partial charge in [-0.15, -0.1) is 0 Å². The lowest BCUT2D eigenvalue weighted by molar-refractivity contribution is 0.344. The maximum Gasteiger partial charge on any atom is 0.240 e. The fourth-order valence-electron chi connectivity index (χ4n) is 4.65. The highest BCUT2D eigenvalue weighted by atomic mass is 32.2. The highest BCUT2D eigenvalue weighted by Gasteiger charge is 2.17. The number of hydrogen-bond acceptors (Lipinski definition) is 9. The Kier molecular flexibility index (Phi) is 9.68. The van der Waals surface area contributed by atoms with Gasteiger partial charge in [0.1, 0.15) is 0 Å². The molecular weight excluding hydrogens is 587 g/mol. The topological polar surface area (TPSA) is 145 Å². The fraction of sp³-hybridized carbons (Fsp3) is 0.267. The van der Waals surface area contributed by atoms with Gasteiger partial charge >= 0.3 is 0 Å². The highest BCUT2D eigenvalue weighted by molar-refractivity contribution is 7.89. The predicted octanol–water partition coefficient (Wildman–Crippen LogP) is 4.12. The molecule has 0 saturated carbocycles. The number of aromatic nitrogens is 2. The second-order valence-corrected chi connectivity index (χ2v) is 13.8. The van der Waals surface area contributed by atoms with Crippen LogP contribution in [0.15, 0.2) is 95.0 Å². The number of rotatable bonds is 13. The third-order valence-corrected chi connectivity index (χ3v) is 9.97. The molecule has 4 aromatic rings. The summed E-state index contributed by atoms with van der Waals surface area (Å²) in [5.74, 6) is 0.322. The molecule has 3 aromatic carbocycles. The molecule has 1 aliphatic heterocycles. The van der Waals surface area contributed by atoms with E-state index in [0.717, 1.165) is 37.1 Å². The molecule has 0 aliphatic carbocycles. The van der Waals surface area contributed by atoms with Crippen molar-refractivity contribution in [2.24, 2.45) is 0 Å². The molecular formula is C30H35N7O4S2. The number of benzene rings is 3. The molecule has 0 spiro atoms. The van der Waals surface area contributed by atoms with Crippen molar-refractivity contribution in [2.75, 3.05) is 36.8 Å². The van der Waals surface area contributed by atoms with Gasteiger partial charge in [-0.1, -0.05) is 36.4 Å². The summed E-state index contributed by atoms with van der Waals surface area (Å²) in [6.07, 6.45) is 5.48. The molecule has 226 valence electrons. The van der Waals surface area contributed by atoms with Crippen LogP contribution in [0, 0.1) is 6.92 Å². The first-order chi connectivity index (χ1) is 20.7. The molecule has 2 heterocycles. The van der Waals surface area contributed by atoms with E-state index in [-0.39, 0.29) is 16.3 Å². The minimum Gasteiger partial charge on any atom is -0.353 e. The Balaban J connectivity index is 1.17. The number of nitrogens with one attached hydrogen (secondary N) is 4. The second kappa shape index (κ2) is 13.6. The number of hydrogen-bond donors (Lipinski definition) is 4. The van der Waals surface area contributed by atoms with E-state index in [9.17, 15) is 16.8 Å². The van der Waals surface area contributed by atoms with Gasteiger partial charge in [-0.05, 0) is 80.4 Å². The van der Waals surface area contributed by atoms with Crippen LogP contribution in [0.3, 0.4) is 0 Å². The molecule has 4 N–H and O–H groups in total. The van der Waals surface area contributed by atoms with Gasteiger partial charge in [-0.25, -0.2) is 36.2 Å². The molecule has 0 atom stereocenters. The Morgan fingerprint density at radius 1 is 0.744 bits per heavy atom. The molecule has 0 bridgehead atoms. The maximum absolute atomic E-state index is 12.9. The van der Waals surface area contributed by atoms with Crippen molar-refractivity contribution in [3.63, 3.8) is 0 Å². The normalized spacial score (nSPS) is 14.1. The summed E-state index contributed by atoms with van der Waals surface area (Å²) >= 11 is 0. The van der Waals surface area contributed by atoms with Gasteiger partial charge in [-0.2, -0.15) is 0 Å². The Hall–Kier alpha value is -3.88. The summed E-state index contributed by atoms with van der Waals surface area (Å²) in [4.78, 5) is 11.3. The molecule has 0 amide bonds. The van der Waals surface area contributed by atoms with Crippen LogP contribution in [0.5, 0.6) is 0 Å². The van der Waals surface area contributed by atoms with E-state index in [1.807, 2.05) is 37.3 Å². The Bertz CT molecular complexity index is 1730. The van der Waals surface area contributed by atoms with E-state index in [0.29, 0.717) is 36.1 Å². The first kappa shape index (κ1) is 30.6. The lowest BCUT2D eigenvalue weighted by Crippen LogP contribution is -2.33. The van der Waals surface area contributed by atoms with Crippen LogP contribution in [-0.2, 0) is 26.6 Å². The van der Waals surface area contributed by atoms with Gasteiger partial charge in [0.25, 0.3) is 0 Å². The first-order valence-electron chi connectivity index (χ1n) is 14.0. The van der Waals surface area contributed by atoms with Gasteiger partial charge < -0.3 is 15.5 Å². The third kappa shape index (κ3) is 8.36. The summed E-state index contributed by atoms with van der Waals surface area (Å²) in [5, 5.41) is 6.25. The third-order valence-electron chi connectivity index (χ3n) is 7.10. The molecule has 1 fully saturated rings. The molecule has 1 aliphatic rings. The van der Waals surface area contributed by atoms with Gasteiger partial charge in [0.2, 0.25) is 26.0 Å². The van der Waals surface area contributed by atoms with Crippen molar-refractivity contribution < 1.29 is 16.8 Å². The van der Waals surface area contributed by atoms with E-state index in [1.54, 1.807) is 42.7 Å². The molecule has 1 aromatic heterocycles. The number of aryl methyl sites for hydroxylation is 1. The van der Waals surface area contributed by atoms with E-state index in [4.69, 9.17) is 0 Å². The van der Waals surface area contributed by atoms with Crippen LogP contribution in [0.25, 0.3) is 0 Å². The van der Waals surface area contributed by atoms with Crippen molar-refractivity contribution in [3.05, 3.63) is 96.3 Å². The average molecular weight is 622 g/mol. The van der Waals surface area contributed by atoms with Crippen molar-refractivity contribution in [2.45, 2.75) is 36.1 Å². The summed E-state index contributed by atoms with van der Waals surface area (Å²) in [7, 11) is -7.32. The van der Waals surface area contributed by atoms with Crippen LogP contribution < -0.4 is 20.1 Å². The molecule has 43 heavy (non-hydrogen) atoms. The number of likely N-dealkylation sites (tertiary alicyclic amines) is 1. The zero-order valence-corrected chi connectivity index (χ0v) is 25.5. The average Bonchev–Trinajstić information content (AvgIpc) is 3.52. The molecule has 5 rings (SSSR count). The molecule has 11 nitrogen and oxygen atoms in total. The van der Waals surface area contributed by atoms with Crippen molar-refractivity contribution in [1.82, 2.24) is 24.3 Å². The maximum atomic E-state index is 12.9.